The largest absolute Gasteiger partial charge is 0.493 e. The van der Waals surface area contributed by atoms with Crippen molar-refractivity contribution in [2.45, 2.75) is 26.6 Å². The molecular weight excluding hydrogens is 330 g/mol. The second kappa shape index (κ2) is 8.49. The second-order valence-corrected chi connectivity index (χ2v) is 6.15. The molecule has 1 aromatic heterocycles. The molecule has 3 aromatic rings. The van der Waals surface area contributed by atoms with E-state index in [1.165, 1.54) is 0 Å². The number of hydrogen-bond acceptors (Lipinski definition) is 6. The van der Waals surface area contributed by atoms with Crippen molar-refractivity contribution in [2.75, 3.05) is 14.2 Å². The van der Waals surface area contributed by atoms with Crippen LogP contribution >= 0.6 is 0 Å². The first kappa shape index (κ1) is 17.9. The van der Waals surface area contributed by atoms with E-state index in [0.29, 0.717) is 24.9 Å². The zero-order valence-electron chi connectivity index (χ0n) is 15.3. The molecule has 0 fully saturated rings. The van der Waals surface area contributed by atoms with E-state index in [1.807, 2.05) is 55.6 Å². The molecule has 0 amide bonds. The number of methoxy groups -OCH3 is 1. The first-order chi connectivity index (χ1) is 12.6. The average molecular weight is 353 g/mol. The van der Waals surface area contributed by atoms with Crippen molar-refractivity contribution in [3.05, 3.63) is 71.4 Å². The van der Waals surface area contributed by atoms with Gasteiger partial charge >= 0.3 is 0 Å². The predicted octanol–water partition coefficient (Wildman–Crippen LogP) is 3.60. The third kappa shape index (κ3) is 4.83. The van der Waals surface area contributed by atoms with Crippen LogP contribution in [-0.2, 0) is 19.7 Å². The number of rotatable bonds is 8. The van der Waals surface area contributed by atoms with Gasteiger partial charge in [-0.05, 0) is 30.3 Å². The van der Waals surface area contributed by atoms with Crippen LogP contribution in [0.1, 0.15) is 22.9 Å². The molecule has 0 N–H and O–H groups in total. The molecule has 136 valence electrons. The third-order valence-electron chi connectivity index (χ3n) is 3.89. The molecule has 0 saturated carbocycles. The quantitative estimate of drug-likeness (QED) is 0.617. The fraction of sp³-hybridized carbons (Fsp3) is 0.300. The predicted molar refractivity (Wildman–Crippen MR) is 98.0 cm³/mol. The van der Waals surface area contributed by atoms with Crippen LogP contribution in [0.15, 0.2) is 52.9 Å². The molecule has 0 aliphatic heterocycles. The first-order valence-electron chi connectivity index (χ1n) is 8.45. The zero-order chi connectivity index (χ0) is 18.4. The molecule has 2 aromatic carbocycles. The summed E-state index contributed by atoms with van der Waals surface area (Å²) in [6.07, 6.45) is 0. The Labute approximate surface area is 153 Å². The number of benzene rings is 2. The monoisotopic (exact) mass is 353 g/mol. The Morgan fingerprint density at radius 1 is 0.962 bits per heavy atom. The van der Waals surface area contributed by atoms with E-state index >= 15 is 0 Å². The molecule has 0 spiro atoms. The van der Waals surface area contributed by atoms with Crippen LogP contribution in [0.25, 0.3) is 0 Å². The Morgan fingerprint density at radius 2 is 1.77 bits per heavy atom. The van der Waals surface area contributed by atoms with Gasteiger partial charge in [-0.15, -0.1) is 10.2 Å². The first-order valence-corrected chi connectivity index (χ1v) is 8.45. The molecule has 0 aliphatic rings. The van der Waals surface area contributed by atoms with E-state index in [9.17, 15) is 0 Å². The van der Waals surface area contributed by atoms with Gasteiger partial charge < -0.3 is 13.9 Å². The Bertz CT molecular complexity index is 833. The van der Waals surface area contributed by atoms with Crippen molar-refractivity contribution >= 4 is 0 Å². The lowest BCUT2D eigenvalue weighted by Gasteiger charge is -2.16. The van der Waals surface area contributed by atoms with Crippen LogP contribution < -0.4 is 9.47 Å². The van der Waals surface area contributed by atoms with Crippen molar-refractivity contribution in [1.29, 1.82) is 0 Å². The third-order valence-corrected chi connectivity index (χ3v) is 3.89. The fourth-order valence-corrected chi connectivity index (χ4v) is 2.66. The van der Waals surface area contributed by atoms with Crippen LogP contribution in [0.2, 0.25) is 0 Å². The zero-order valence-corrected chi connectivity index (χ0v) is 15.3. The van der Waals surface area contributed by atoms with Crippen LogP contribution in [-0.4, -0.2) is 29.3 Å². The standard InChI is InChI=1S/C20H23N3O3/c1-15-21-22-20(26-15)13-23(2)12-17-9-10-18(19(11-17)24-3)25-14-16-7-5-4-6-8-16/h4-11H,12-14H2,1-3H3. The molecule has 6 heteroatoms. The minimum atomic E-state index is 0.507. The van der Waals surface area contributed by atoms with Crippen LogP contribution in [0.3, 0.4) is 0 Å². The molecule has 26 heavy (non-hydrogen) atoms. The van der Waals surface area contributed by atoms with Crippen LogP contribution in [0.5, 0.6) is 11.5 Å². The lowest BCUT2D eigenvalue weighted by molar-refractivity contribution is 0.274. The van der Waals surface area contributed by atoms with Gasteiger partial charge in [-0.3, -0.25) is 4.90 Å². The molecule has 0 radical (unpaired) electrons. The highest BCUT2D eigenvalue weighted by Crippen LogP contribution is 2.29. The van der Waals surface area contributed by atoms with Crippen LogP contribution in [0, 0.1) is 6.92 Å². The van der Waals surface area contributed by atoms with E-state index in [1.54, 1.807) is 14.0 Å². The summed E-state index contributed by atoms with van der Waals surface area (Å²) in [5.74, 6) is 2.64. The van der Waals surface area contributed by atoms with Crippen molar-refractivity contribution in [3.63, 3.8) is 0 Å². The minimum Gasteiger partial charge on any atom is -0.493 e. The lowest BCUT2D eigenvalue weighted by Crippen LogP contribution is -2.17. The summed E-state index contributed by atoms with van der Waals surface area (Å²) in [6, 6.07) is 16.0. The van der Waals surface area contributed by atoms with E-state index in [4.69, 9.17) is 13.9 Å². The maximum atomic E-state index is 5.90. The molecule has 0 atom stereocenters. The van der Waals surface area contributed by atoms with Crippen LogP contribution in [0.4, 0.5) is 0 Å². The highest BCUT2D eigenvalue weighted by Gasteiger charge is 2.10. The van der Waals surface area contributed by atoms with Gasteiger partial charge in [0.25, 0.3) is 0 Å². The number of aryl methyl sites for hydroxylation is 1. The Hall–Kier alpha value is -2.86. The molecule has 3 rings (SSSR count). The average Bonchev–Trinajstić information content (AvgIpc) is 3.05. The SMILES string of the molecule is COc1cc(CN(C)Cc2nnc(C)o2)ccc1OCc1ccccc1. The van der Waals surface area contributed by atoms with Gasteiger partial charge in [-0.1, -0.05) is 36.4 Å². The molecule has 0 aliphatic carbocycles. The highest BCUT2D eigenvalue weighted by molar-refractivity contribution is 5.43. The van der Waals surface area contributed by atoms with E-state index < -0.39 is 0 Å². The Balaban J connectivity index is 1.62. The number of hydrogen-bond donors (Lipinski definition) is 0. The molecule has 0 unspecified atom stereocenters. The minimum absolute atomic E-state index is 0.507. The summed E-state index contributed by atoms with van der Waals surface area (Å²) in [7, 11) is 3.66. The lowest BCUT2D eigenvalue weighted by atomic mass is 10.2. The maximum Gasteiger partial charge on any atom is 0.230 e. The summed E-state index contributed by atoms with van der Waals surface area (Å²) in [6.45, 7) is 3.62. The molecule has 6 nitrogen and oxygen atoms in total. The molecule has 0 saturated heterocycles. The van der Waals surface area contributed by atoms with Gasteiger partial charge in [0.1, 0.15) is 6.61 Å². The van der Waals surface area contributed by atoms with Gasteiger partial charge in [0.05, 0.1) is 13.7 Å². The van der Waals surface area contributed by atoms with Gasteiger partial charge in [-0.2, -0.15) is 0 Å². The van der Waals surface area contributed by atoms with Crippen molar-refractivity contribution < 1.29 is 13.9 Å². The van der Waals surface area contributed by atoms with E-state index in [0.717, 1.165) is 29.2 Å². The number of aromatic nitrogens is 2. The Morgan fingerprint density at radius 3 is 2.46 bits per heavy atom. The number of nitrogens with zero attached hydrogens (tertiary/aromatic N) is 3. The smallest absolute Gasteiger partial charge is 0.230 e. The summed E-state index contributed by atoms with van der Waals surface area (Å²) < 4.78 is 16.8. The van der Waals surface area contributed by atoms with Gasteiger partial charge in [0, 0.05) is 13.5 Å². The summed E-state index contributed by atoms with van der Waals surface area (Å²) in [5, 5.41) is 7.88. The van der Waals surface area contributed by atoms with Crippen molar-refractivity contribution in [3.8, 4) is 11.5 Å². The highest BCUT2D eigenvalue weighted by atomic mass is 16.5. The normalized spacial score (nSPS) is 10.9. The summed E-state index contributed by atoms with van der Waals surface area (Å²) in [4.78, 5) is 2.10. The number of ether oxygens (including phenoxy) is 2. The maximum absolute atomic E-state index is 5.90. The van der Waals surface area contributed by atoms with Gasteiger partial charge in [0.15, 0.2) is 11.5 Å². The fourth-order valence-electron chi connectivity index (χ4n) is 2.66. The van der Waals surface area contributed by atoms with E-state index in [-0.39, 0.29) is 0 Å². The van der Waals surface area contributed by atoms with Crippen molar-refractivity contribution in [2.24, 2.45) is 0 Å². The second-order valence-electron chi connectivity index (χ2n) is 6.15. The molecule has 1 heterocycles. The van der Waals surface area contributed by atoms with Gasteiger partial charge in [-0.25, -0.2) is 0 Å². The Kier molecular flexibility index (Phi) is 5.86. The summed E-state index contributed by atoms with van der Waals surface area (Å²) in [5.41, 5.74) is 2.24. The van der Waals surface area contributed by atoms with Gasteiger partial charge in [0.2, 0.25) is 11.8 Å². The van der Waals surface area contributed by atoms with E-state index in [2.05, 4.69) is 15.1 Å². The summed E-state index contributed by atoms with van der Waals surface area (Å²) >= 11 is 0. The topological polar surface area (TPSA) is 60.6 Å². The van der Waals surface area contributed by atoms with Crippen molar-refractivity contribution in [1.82, 2.24) is 15.1 Å². The molecular formula is C20H23N3O3. The molecule has 0 bridgehead atoms.